The van der Waals surface area contributed by atoms with Crippen LogP contribution in [-0.2, 0) is 0 Å². The van der Waals surface area contributed by atoms with Crippen molar-refractivity contribution in [3.63, 3.8) is 0 Å². The molecule has 42 valence electrons. The Bertz CT molecular complexity index is 57.1. The predicted octanol–water partition coefficient (Wildman–Crippen LogP) is -0.133. The van der Waals surface area contributed by atoms with Crippen LogP contribution in [0.2, 0.25) is 0 Å². The lowest BCUT2D eigenvalue weighted by molar-refractivity contribution is 0.170. The first-order valence-electron chi connectivity index (χ1n) is 2.70. The van der Waals surface area contributed by atoms with Crippen molar-refractivity contribution >= 4 is 0 Å². The topological polar surface area (TPSA) is 15.3 Å². The Kier molecular flexibility index (Phi) is 1.30. The molecule has 0 spiro atoms. The van der Waals surface area contributed by atoms with Crippen molar-refractivity contribution in [2.45, 2.75) is 12.6 Å². The zero-order valence-electron chi connectivity index (χ0n) is 4.94. The number of rotatable bonds is 1. The summed E-state index contributed by atoms with van der Waals surface area (Å²) in [6.07, 6.45) is 1.98. The average molecular weight is 100 g/mol. The van der Waals surface area contributed by atoms with E-state index in [2.05, 4.69) is 24.3 Å². The van der Waals surface area contributed by atoms with Gasteiger partial charge in [0.05, 0.1) is 6.17 Å². The van der Waals surface area contributed by atoms with E-state index in [-0.39, 0.29) is 0 Å². The molecule has 2 nitrogen and oxygen atoms in total. The molecule has 0 aliphatic carbocycles. The van der Waals surface area contributed by atoms with E-state index >= 15 is 0 Å². The van der Waals surface area contributed by atoms with Crippen LogP contribution < -0.4 is 5.32 Å². The van der Waals surface area contributed by atoms with Gasteiger partial charge in [-0.25, -0.2) is 0 Å². The number of nitrogens with one attached hydrogen (secondary N) is 1. The summed E-state index contributed by atoms with van der Waals surface area (Å²) in [6, 6.07) is 0. The zero-order chi connectivity index (χ0) is 5.28. The SMILES string of the molecule is CN(C)C1CCN1. The monoisotopic (exact) mass is 100 g/mol. The molecule has 1 aliphatic rings. The highest BCUT2D eigenvalue weighted by molar-refractivity contribution is 4.73. The summed E-state index contributed by atoms with van der Waals surface area (Å²) in [7, 11) is 4.19. The van der Waals surface area contributed by atoms with E-state index in [9.17, 15) is 0 Å². The smallest absolute Gasteiger partial charge is 0.0604 e. The minimum atomic E-state index is 0.667. The Balaban J connectivity index is 2.14. The molecular weight excluding hydrogens is 88.1 g/mol. The van der Waals surface area contributed by atoms with E-state index in [0.717, 1.165) is 0 Å². The van der Waals surface area contributed by atoms with Crippen LogP contribution in [0.25, 0.3) is 0 Å². The minimum Gasteiger partial charge on any atom is -0.302 e. The normalized spacial score (nSPS) is 30.4. The molecule has 1 heterocycles. The van der Waals surface area contributed by atoms with Crippen LogP contribution in [0.5, 0.6) is 0 Å². The number of nitrogens with zero attached hydrogens (tertiary/aromatic N) is 1. The van der Waals surface area contributed by atoms with Crippen molar-refractivity contribution in [2.24, 2.45) is 0 Å². The molecule has 1 unspecified atom stereocenters. The molecule has 0 radical (unpaired) electrons. The average Bonchev–Trinajstić information content (AvgIpc) is 1.23. The van der Waals surface area contributed by atoms with Gasteiger partial charge >= 0.3 is 0 Å². The molecule has 1 N–H and O–H groups in total. The Labute approximate surface area is 44.5 Å². The Morgan fingerprint density at radius 1 is 1.57 bits per heavy atom. The third-order valence-corrected chi connectivity index (χ3v) is 1.42. The van der Waals surface area contributed by atoms with E-state index in [1.165, 1.54) is 13.0 Å². The number of hydrogen-bond donors (Lipinski definition) is 1. The van der Waals surface area contributed by atoms with Crippen molar-refractivity contribution in [1.82, 2.24) is 10.2 Å². The third kappa shape index (κ3) is 0.924. The highest BCUT2D eigenvalue weighted by atomic mass is 15.3. The first-order chi connectivity index (χ1) is 3.30. The summed E-state index contributed by atoms with van der Waals surface area (Å²) in [5, 5.41) is 3.27. The van der Waals surface area contributed by atoms with Crippen LogP contribution in [-0.4, -0.2) is 31.7 Å². The molecule has 1 fully saturated rings. The second kappa shape index (κ2) is 1.80. The van der Waals surface area contributed by atoms with E-state index in [4.69, 9.17) is 0 Å². The van der Waals surface area contributed by atoms with Crippen LogP contribution in [0.4, 0.5) is 0 Å². The molecule has 0 aromatic heterocycles. The number of hydrogen-bond acceptors (Lipinski definition) is 2. The summed E-state index contributed by atoms with van der Waals surface area (Å²) in [4.78, 5) is 2.20. The lowest BCUT2D eigenvalue weighted by Gasteiger charge is -2.33. The quantitative estimate of drug-likeness (QED) is 0.493. The van der Waals surface area contributed by atoms with E-state index in [1.54, 1.807) is 0 Å². The maximum absolute atomic E-state index is 3.27. The Morgan fingerprint density at radius 2 is 2.14 bits per heavy atom. The fraction of sp³-hybridized carbons (Fsp3) is 1.00. The van der Waals surface area contributed by atoms with Crippen molar-refractivity contribution < 1.29 is 0 Å². The van der Waals surface area contributed by atoms with Gasteiger partial charge in [-0.15, -0.1) is 0 Å². The van der Waals surface area contributed by atoms with Crippen molar-refractivity contribution in [3.8, 4) is 0 Å². The highest BCUT2D eigenvalue weighted by Gasteiger charge is 2.16. The molecule has 1 rings (SSSR count). The molecule has 0 saturated carbocycles. The van der Waals surface area contributed by atoms with Gasteiger partial charge in [0.15, 0.2) is 0 Å². The summed E-state index contributed by atoms with van der Waals surface area (Å²) in [5.41, 5.74) is 0. The van der Waals surface area contributed by atoms with Crippen LogP contribution in [0.15, 0.2) is 0 Å². The summed E-state index contributed by atoms with van der Waals surface area (Å²) in [5.74, 6) is 0. The van der Waals surface area contributed by atoms with Gasteiger partial charge in [0.2, 0.25) is 0 Å². The van der Waals surface area contributed by atoms with E-state index in [0.29, 0.717) is 6.17 Å². The molecule has 2 heteroatoms. The Morgan fingerprint density at radius 3 is 2.14 bits per heavy atom. The largest absolute Gasteiger partial charge is 0.302 e. The van der Waals surface area contributed by atoms with E-state index in [1.807, 2.05) is 0 Å². The molecule has 1 saturated heterocycles. The molecular formula is C5H12N2. The maximum Gasteiger partial charge on any atom is 0.0604 e. The van der Waals surface area contributed by atoms with Gasteiger partial charge in [0.25, 0.3) is 0 Å². The van der Waals surface area contributed by atoms with E-state index < -0.39 is 0 Å². The van der Waals surface area contributed by atoms with Crippen LogP contribution in [0, 0.1) is 0 Å². The highest BCUT2D eigenvalue weighted by Crippen LogP contribution is 2.02. The zero-order valence-corrected chi connectivity index (χ0v) is 4.94. The van der Waals surface area contributed by atoms with Gasteiger partial charge in [0, 0.05) is 0 Å². The van der Waals surface area contributed by atoms with Gasteiger partial charge in [-0.05, 0) is 27.1 Å². The molecule has 1 atom stereocenters. The summed E-state index contributed by atoms with van der Waals surface area (Å²) >= 11 is 0. The summed E-state index contributed by atoms with van der Waals surface area (Å²) in [6.45, 7) is 1.20. The fourth-order valence-electron chi connectivity index (χ4n) is 0.714. The molecule has 0 aromatic carbocycles. The van der Waals surface area contributed by atoms with Gasteiger partial charge in [-0.3, -0.25) is 4.90 Å². The predicted molar refractivity (Wildman–Crippen MR) is 30.1 cm³/mol. The Hall–Kier alpha value is -0.0800. The lowest BCUT2D eigenvalue weighted by atomic mass is 10.2. The van der Waals surface area contributed by atoms with Crippen LogP contribution in [0.1, 0.15) is 6.42 Å². The van der Waals surface area contributed by atoms with Gasteiger partial charge in [-0.2, -0.15) is 0 Å². The molecule has 0 amide bonds. The minimum absolute atomic E-state index is 0.667. The second-order valence-electron chi connectivity index (χ2n) is 2.22. The van der Waals surface area contributed by atoms with Gasteiger partial charge < -0.3 is 5.32 Å². The fourth-order valence-corrected chi connectivity index (χ4v) is 0.714. The standard InChI is InChI=1S/C5H12N2/c1-7(2)5-3-4-6-5/h5-6H,3-4H2,1-2H3. The first kappa shape index (κ1) is 5.06. The van der Waals surface area contributed by atoms with Crippen molar-refractivity contribution in [1.29, 1.82) is 0 Å². The maximum atomic E-state index is 3.27. The lowest BCUT2D eigenvalue weighted by Crippen LogP contribution is -2.51. The molecule has 0 aromatic rings. The molecule has 1 aliphatic heterocycles. The van der Waals surface area contributed by atoms with Gasteiger partial charge in [0.1, 0.15) is 0 Å². The first-order valence-corrected chi connectivity index (χ1v) is 2.70. The third-order valence-electron chi connectivity index (χ3n) is 1.42. The second-order valence-corrected chi connectivity index (χ2v) is 2.22. The van der Waals surface area contributed by atoms with Crippen LogP contribution >= 0.6 is 0 Å². The molecule has 7 heavy (non-hydrogen) atoms. The van der Waals surface area contributed by atoms with Crippen molar-refractivity contribution in [3.05, 3.63) is 0 Å². The van der Waals surface area contributed by atoms with Crippen LogP contribution in [0.3, 0.4) is 0 Å². The van der Waals surface area contributed by atoms with Crippen molar-refractivity contribution in [2.75, 3.05) is 20.6 Å². The van der Waals surface area contributed by atoms with Gasteiger partial charge in [-0.1, -0.05) is 0 Å². The summed E-state index contributed by atoms with van der Waals surface area (Å²) < 4.78 is 0. The molecule has 0 bridgehead atoms.